The highest BCUT2D eigenvalue weighted by Crippen LogP contribution is 2.21. The van der Waals surface area contributed by atoms with Crippen LogP contribution in [-0.2, 0) is 9.53 Å². The molecule has 0 bridgehead atoms. The molecule has 2 aliphatic rings. The second-order valence-corrected chi connectivity index (χ2v) is 7.03. The number of carbonyl (C=O) groups is 2. The second-order valence-electron chi connectivity index (χ2n) is 7.03. The average Bonchev–Trinajstić information content (AvgIpc) is 3.39. The fourth-order valence-electron chi connectivity index (χ4n) is 3.23. The molecule has 1 aromatic heterocycles. The molecule has 2 amide bonds. The summed E-state index contributed by atoms with van der Waals surface area (Å²) in [5.74, 6) is -0.0322. The van der Waals surface area contributed by atoms with Crippen LogP contribution in [0.25, 0.3) is 10.9 Å². The summed E-state index contributed by atoms with van der Waals surface area (Å²) < 4.78 is 10.0. The lowest BCUT2D eigenvalue weighted by atomic mass is 10.0. The summed E-state index contributed by atoms with van der Waals surface area (Å²) in [5.41, 5.74) is 11.4. The number of methoxy groups -OCH3 is 1. The Morgan fingerprint density at radius 1 is 1.04 bits per heavy atom. The van der Waals surface area contributed by atoms with Gasteiger partial charge in [0.05, 0.1) is 7.11 Å². The van der Waals surface area contributed by atoms with Crippen molar-refractivity contribution in [3.05, 3.63) is 30.0 Å². The van der Waals surface area contributed by atoms with Gasteiger partial charge >= 0.3 is 0 Å². The summed E-state index contributed by atoms with van der Waals surface area (Å²) in [7, 11) is 1.60. The molecule has 1 aliphatic heterocycles. The van der Waals surface area contributed by atoms with Gasteiger partial charge in [-0.2, -0.15) is 0 Å². The Bertz CT molecular complexity index is 751. The largest absolute Gasteiger partial charge is 0.497 e. The van der Waals surface area contributed by atoms with Crippen molar-refractivity contribution in [3.63, 3.8) is 0 Å². The highest BCUT2D eigenvalue weighted by atomic mass is 16.5. The van der Waals surface area contributed by atoms with Gasteiger partial charge in [0.2, 0.25) is 5.91 Å². The fraction of sp³-hybridized carbons (Fsp3) is 0.524. The molecule has 1 saturated heterocycles. The van der Waals surface area contributed by atoms with E-state index in [0.717, 1.165) is 29.5 Å². The first-order valence-electron chi connectivity index (χ1n) is 9.88. The van der Waals surface area contributed by atoms with E-state index in [9.17, 15) is 9.59 Å². The number of aromatic nitrogens is 1. The Labute approximate surface area is 165 Å². The van der Waals surface area contributed by atoms with Crippen LogP contribution in [0.4, 0.5) is 0 Å². The van der Waals surface area contributed by atoms with E-state index in [-0.39, 0.29) is 12.0 Å². The van der Waals surface area contributed by atoms with Crippen LogP contribution in [-0.4, -0.2) is 36.6 Å². The Morgan fingerprint density at radius 2 is 1.68 bits per heavy atom. The van der Waals surface area contributed by atoms with Gasteiger partial charge in [-0.3, -0.25) is 9.59 Å². The van der Waals surface area contributed by atoms with E-state index in [1.807, 2.05) is 18.2 Å². The molecular formula is C21H31N3O4. The van der Waals surface area contributed by atoms with Crippen LogP contribution >= 0.6 is 0 Å². The molecule has 1 saturated carbocycles. The molecule has 5 N–H and O–H groups in total. The quantitative estimate of drug-likeness (QED) is 0.746. The van der Waals surface area contributed by atoms with Crippen LogP contribution in [0, 0.1) is 0 Å². The summed E-state index contributed by atoms with van der Waals surface area (Å²) in [6.45, 7) is 0.688. The zero-order valence-electron chi connectivity index (χ0n) is 16.5. The Morgan fingerprint density at radius 3 is 2.11 bits per heavy atom. The predicted octanol–water partition coefficient (Wildman–Crippen LogP) is 3.27. The number of aromatic amines is 1. The molecule has 28 heavy (non-hydrogen) atoms. The monoisotopic (exact) mass is 389 g/mol. The highest BCUT2D eigenvalue weighted by Gasteiger charge is 2.20. The Hall–Kier alpha value is -2.54. The third-order valence-corrected chi connectivity index (χ3v) is 4.84. The molecule has 7 nitrogen and oxygen atoms in total. The van der Waals surface area contributed by atoms with E-state index in [0.29, 0.717) is 12.3 Å². The number of nitrogens with two attached hydrogens (primary N) is 2. The number of fused-ring (bicyclic) bond motifs is 1. The standard InChI is InChI=1S/C10H10N2O2.C6H12.C5H9NO2/c1-14-7-2-3-8-6(4-7)5-9(12-8)10(11)13;1-2-4-6-5-3-1;6-5(7)4-2-1-3-8-4/h2-5,12H,1H3,(H2,11,13);1-6H2;4H,1-3H2,(H2,6,7)/t;;4-/m..0/s1. The van der Waals surface area contributed by atoms with Crippen molar-refractivity contribution in [2.24, 2.45) is 11.5 Å². The van der Waals surface area contributed by atoms with E-state index < -0.39 is 5.91 Å². The van der Waals surface area contributed by atoms with E-state index in [2.05, 4.69) is 4.98 Å². The van der Waals surface area contributed by atoms with Crippen molar-refractivity contribution in [2.75, 3.05) is 13.7 Å². The maximum atomic E-state index is 10.9. The smallest absolute Gasteiger partial charge is 0.265 e. The molecule has 2 fully saturated rings. The van der Waals surface area contributed by atoms with Crippen LogP contribution in [0.2, 0.25) is 0 Å². The third kappa shape index (κ3) is 6.88. The van der Waals surface area contributed by atoms with Crippen molar-refractivity contribution in [1.82, 2.24) is 4.98 Å². The molecule has 1 aromatic carbocycles. The van der Waals surface area contributed by atoms with E-state index >= 15 is 0 Å². The number of primary amides is 2. The normalized spacial score (nSPS) is 18.4. The zero-order valence-corrected chi connectivity index (χ0v) is 16.5. The first-order chi connectivity index (χ1) is 13.5. The van der Waals surface area contributed by atoms with Crippen LogP contribution in [0.15, 0.2) is 24.3 Å². The van der Waals surface area contributed by atoms with Gasteiger partial charge in [0.25, 0.3) is 5.91 Å². The number of hydrogen-bond acceptors (Lipinski definition) is 4. The summed E-state index contributed by atoms with van der Waals surface area (Å²) in [6, 6.07) is 7.22. The lowest BCUT2D eigenvalue weighted by molar-refractivity contribution is -0.126. The maximum absolute atomic E-state index is 10.9. The van der Waals surface area contributed by atoms with Crippen molar-refractivity contribution in [3.8, 4) is 5.75 Å². The number of amides is 2. The van der Waals surface area contributed by atoms with E-state index in [4.69, 9.17) is 20.9 Å². The van der Waals surface area contributed by atoms with Gasteiger partial charge in [-0.1, -0.05) is 38.5 Å². The van der Waals surface area contributed by atoms with Gasteiger partial charge in [0.15, 0.2) is 0 Å². The van der Waals surface area contributed by atoms with Crippen LogP contribution in [0.5, 0.6) is 5.75 Å². The minimum atomic E-state index is -0.458. The van der Waals surface area contributed by atoms with Gasteiger partial charge in [-0.05, 0) is 37.1 Å². The summed E-state index contributed by atoms with van der Waals surface area (Å²) in [5, 5.41) is 0.915. The molecule has 2 aromatic rings. The number of hydrogen-bond donors (Lipinski definition) is 3. The molecule has 4 rings (SSSR count). The molecule has 0 unspecified atom stereocenters. The van der Waals surface area contributed by atoms with Gasteiger partial charge < -0.3 is 25.9 Å². The highest BCUT2D eigenvalue weighted by molar-refractivity contribution is 5.97. The van der Waals surface area contributed by atoms with E-state index in [1.54, 1.807) is 13.2 Å². The van der Waals surface area contributed by atoms with Gasteiger partial charge in [0, 0.05) is 17.5 Å². The SMILES string of the molecule is C1CCCCC1.COc1ccc2[nH]c(C(N)=O)cc2c1.NC(=O)[C@@H]1CCCO1. The molecular weight excluding hydrogens is 358 g/mol. The Kier molecular flexibility index (Phi) is 8.81. The fourth-order valence-corrected chi connectivity index (χ4v) is 3.23. The Balaban J connectivity index is 0.000000169. The molecule has 1 atom stereocenters. The minimum absolute atomic E-state index is 0.296. The van der Waals surface area contributed by atoms with Gasteiger partial charge in [-0.15, -0.1) is 0 Å². The average molecular weight is 389 g/mol. The maximum Gasteiger partial charge on any atom is 0.265 e. The number of nitrogens with one attached hydrogen (secondary N) is 1. The van der Waals surface area contributed by atoms with Crippen molar-refractivity contribution >= 4 is 22.7 Å². The third-order valence-electron chi connectivity index (χ3n) is 4.84. The second kappa shape index (κ2) is 11.3. The molecule has 154 valence electrons. The lowest BCUT2D eigenvalue weighted by Crippen LogP contribution is -2.27. The molecule has 2 heterocycles. The van der Waals surface area contributed by atoms with E-state index in [1.165, 1.54) is 38.5 Å². The molecule has 0 spiro atoms. The molecule has 1 aliphatic carbocycles. The summed E-state index contributed by atoms with van der Waals surface area (Å²) in [6.07, 6.45) is 10.5. The zero-order chi connectivity index (χ0) is 20.4. The number of carbonyl (C=O) groups excluding carboxylic acids is 2. The number of benzene rings is 1. The van der Waals surface area contributed by atoms with Gasteiger partial charge in [0.1, 0.15) is 17.5 Å². The topological polar surface area (TPSA) is 120 Å². The predicted molar refractivity (Wildman–Crippen MR) is 109 cm³/mol. The summed E-state index contributed by atoms with van der Waals surface area (Å²) in [4.78, 5) is 24.1. The first-order valence-corrected chi connectivity index (χ1v) is 9.88. The number of ether oxygens (including phenoxy) is 2. The van der Waals surface area contributed by atoms with Crippen LogP contribution in [0.3, 0.4) is 0 Å². The number of H-pyrrole nitrogens is 1. The molecule has 7 heteroatoms. The molecule has 0 radical (unpaired) electrons. The summed E-state index contributed by atoms with van der Waals surface area (Å²) >= 11 is 0. The van der Waals surface area contributed by atoms with Crippen molar-refractivity contribution < 1.29 is 19.1 Å². The number of rotatable bonds is 3. The lowest BCUT2D eigenvalue weighted by Gasteiger charge is -2.05. The minimum Gasteiger partial charge on any atom is -0.497 e. The van der Waals surface area contributed by atoms with Gasteiger partial charge in [-0.25, -0.2) is 0 Å². The first kappa shape index (κ1) is 21.8. The van der Waals surface area contributed by atoms with Crippen molar-refractivity contribution in [1.29, 1.82) is 0 Å². The van der Waals surface area contributed by atoms with Crippen LogP contribution in [0.1, 0.15) is 61.9 Å². The van der Waals surface area contributed by atoms with Crippen LogP contribution < -0.4 is 16.2 Å². The van der Waals surface area contributed by atoms with Crippen molar-refractivity contribution in [2.45, 2.75) is 57.5 Å².